The van der Waals surface area contributed by atoms with E-state index in [9.17, 15) is 23.6 Å². The van der Waals surface area contributed by atoms with Crippen molar-refractivity contribution in [3.05, 3.63) is 28.4 Å². The zero-order valence-corrected chi connectivity index (χ0v) is 15.8. The molecular formula is C18H24FN5O5. The Labute approximate surface area is 165 Å². The Bertz CT molecular complexity index is 851. The summed E-state index contributed by atoms with van der Waals surface area (Å²) in [5.74, 6) is -2.29. The predicted octanol–water partition coefficient (Wildman–Crippen LogP) is -0.761. The van der Waals surface area contributed by atoms with Crippen LogP contribution in [0.4, 0.5) is 4.39 Å². The quantitative estimate of drug-likeness (QED) is 0.538. The third-order valence-electron chi connectivity index (χ3n) is 5.68. The monoisotopic (exact) mass is 409 g/mol. The molecule has 1 unspecified atom stereocenters. The van der Waals surface area contributed by atoms with E-state index in [-0.39, 0.29) is 36.9 Å². The van der Waals surface area contributed by atoms with Crippen molar-refractivity contribution in [3.63, 3.8) is 0 Å². The van der Waals surface area contributed by atoms with Gasteiger partial charge in [-0.05, 0) is 38.0 Å². The highest BCUT2D eigenvalue weighted by atomic mass is 19.1. The van der Waals surface area contributed by atoms with Gasteiger partial charge in [0.2, 0.25) is 5.91 Å². The number of rotatable bonds is 5. The lowest BCUT2D eigenvalue weighted by Gasteiger charge is -2.39. The molecule has 1 aromatic heterocycles. The number of aromatic nitrogens is 2. The summed E-state index contributed by atoms with van der Waals surface area (Å²) in [4.78, 5) is 55.6. The maximum absolute atomic E-state index is 13.4. The summed E-state index contributed by atoms with van der Waals surface area (Å²) < 4.78 is 18.7. The van der Waals surface area contributed by atoms with Gasteiger partial charge >= 0.3 is 5.97 Å². The van der Waals surface area contributed by atoms with E-state index in [4.69, 9.17) is 16.2 Å². The van der Waals surface area contributed by atoms with Crippen molar-refractivity contribution in [1.82, 2.24) is 14.9 Å². The summed E-state index contributed by atoms with van der Waals surface area (Å²) in [5.41, 5.74) is 9.28. The van der Waals surface area contributed by atoms with E-state index in [1.165, 1.54) is 4.90 Å². The molecule has 0 bridgehead atoms. The molecule has 2 heterocycles. The van der Waals surface area contributed by atoms with Crippen LogP contribution in [0.2, 0.25) is 0 Å². The second kappa shape index (κ2) is 8.27. The number of aromatic amines is 1. The maximum atomic E-state index is 13.4. The van der Waals surface area contributed by atoms with E-state index in [0.29, 0.717) is 25.8 Å². The Morgan fingerprint density at radius 1 is 1.28 bits per heavy atom. The summed E-state index contributed by atoms with van der Waals surface area (Å²) in [5, 5.41) is 0. The molecule has 1 saturated carbocycles. The van der Waals surface area contributed by atoms with E-state index in [0.717, 1.165) is 12.4 Å². The number of nitrogens with zero attached hydrogens (tertiary/aromatic N) is 2. The lowest BCUT2D eigenvalue weighted by molar-refractivity contribution is -0.143. The van der Waals surface area contributed by atoms with E-state index in [2.05, 4.69) is 9.97 Å². The van der Waals surface area contributed by atoms with Crippen LogP contribution < -0.4 is 17.0 Å². The van der Waals surface area contributed by atoms with E-state index < -0.39 is 35.3 Å². The highest BCUT2D eigenvalue weighted by molar-refractivity contribution is 5.92. The van der Waals surface area contributed by atoms with Gasteiger partial charge in [0, 0.05) is 6.54 Å². The van der Waals surface area contributed by atoms with Gasteiger partial charge in [-0.25, -0.2) is 9.18 Å². The number of carbonyl (C=O) groups is 3. The van der Waals surface area contributed by atoms with Gasteiger partial charge in [0.1, 0.15) is 11.9 Å². The summed E-state index contributed by atoms with van der Waals surface area (Å²) >= 11 is 0. The van der Waals surface area contributed by atoms with Crippen molar-refractivity contribution < 1.29 is 23.5 Å². The first kappa shape index (κ1) is 20.9. The number of nitrogens with two attached hydrogens (primary N) is 2. The number of alkyl halides is 1. The third-order valence-corrected chi connectivity index (χ3v) is 5.68. The molecule has 1 saturated heterocycles. The van der Waals surface area contributed by atoms with Crippen molar-refractivity contribution in [2.45, 2.75) is 49.9 Å². The van der Waals surface area contributed by atoms with Gasteiger partial charge in [-0.1, -0.05) is 0 Å². The van der Waals surface area contributed by atoms with Crippen molar-refractivity contribution >= 4 is 17.8 Å². The van der Waals surface area contributed by atoms with Crippen LogP contribution in [-0.4, -0.2) is 63.6 Å². The average Bonchev–Trinajstić information content (AvgIpc) is 3.13. The van der Waals surface area contributed by atoms with Crippen LogP contribution in [-0.2, 0) is 14.3 Å². The molecule has 2 aliphatic rings. The molecule has 2 fully saturated rings. The Balaban J connectivity index is 1.65. The summed E-state index contributed by atoms with van der Waals surface area (Å²) in [6.07, 6.45) is 2.24. The molecule has 1 aromatic rings. The van der Waals surface area contributed by atoms with Gasteiger partial charge in [-0.15, -0.1) is 0 Å². The summed E-state index contributed by atoms with van der Waals surface area (Å²) in [6.45, 7) is 0.387. The lowest BCUT2D eigenvalue weighted by atomic mass is 9.75. The zero-order chi connectivity index (χ0) is 21.2. The molecule has 10 nitrogen and oxygen atoms in total. The van der Waals surface area contributed by atoms with Crippen LogP contribution >= 0.6 is 0 Å². The number of esters is 1. The topological polar surface area (TPSA) is 161 Å². The second-order valence-corrected chi connectivity index (χ2v) is 7.59. The molecule has 0 aromatic carbocycles. The van der Waals surface area contributed by atoms with Crippen molar-refractivity contribution in [2.75, 3.05) is 13.1 Å². The molecule has 158 valence electrons. The first-order valence-electron chi connectivity index (χ1n) is 9.48. The number of primary amides is 1. The number of nitrogens with one attached hydrogen (secondary N) is 1. The Kier molecular flexibility index (Phi) is 5.96. The first-order valence-corrected chi connectivity index (χ1v) is 9.48. The SMILES string of the molecule is NC(=O)C1(OC(=O)c2cncc(=O)[nH]2)CCC([C@H](N)C(=O)N2CCC(F)C2)CC1. The Morgan fingerprint density at radius 2 is 1.97 bits per heavy atom. The summed E-state index contributed by atoms with van der Waals surface area (Å²) in [7, 11) is 0. The molecule has 2 atom stereocenters. The largest absolute Gasteiger partial charge is 0.444 e. The molecule has 3 rings (SSSR count). The predicted molar refractivity (Wildman–Crippen MR) is 98.2 cm³/mol. The standard InChI is InChI=1S/C18H24FN5O5/c19-11-3-6-24(9-11)15(26)14(20)10-1-4-18(5-2-10,17(21)28)29-16(27)12-7-22-8-13(25)23-12/h7-8,10-11,14H,1-6,9,20H2,(H2,21,28)(H,23,25)/t10?,11?,14-,18?/m0/s1. The lowest BCUT2D eigenvalue weighted by Crippen LogP contribution is -2.54. The van der Waals surface area contributed by atoms with E-state index in [1.54, 1.807) is 0 Å². The van der Waals surface area contributed by atoms with Crippen LogP contribution in [0.3, 0.4) is 0 Å². The molecule has 0 spiro atoms. The maximum Gasteiger partial charge on any atom is 0.357 e. The van der Waals surface area contributed by atoms with E-state index >= 15 is 0 Å². The number of halogens is 1. The molecule has 29 heavy (non-hydrogen) atoms. The molecule has 2 amide bonds. The zero-order valence-electron chi connectivity index (χ0n) is 15.8. The van der Waals surface area contributed by atoms with Gasteiger partial charge in [-0.3, -0.25) is 19.4 Å². The number of hydrogen-bond donors (Lipinski definition) is 3. The molecule has 1 aliphatic carbocycles. The fraction of sp³-hybridized carbons (Fsp3) is 0.611. The van der Waals surface area contributed by atoms with Gasteiger partial charge in [0.25, 0.3) is 11.5 Å². The highest BCUT2D eigenvalue weighted by Gasteiger charge is 2.46. The normalized spacial score (nSPS) is 28.0. The average molecular weight is 409 g/mol. The minimum atomic E-state index is -1.55. The molecule has 1 aliphatic heterocycles. The van der Waals surface area contributed by atoms with Crippen molar-refractivity contribution in [2.24, 2.45) is 17.4 Å². The van der Waals surface area contributed by atoms with Gasteiger partial charge in [0.05, 0.1) is 25.0 Å². The first-order chi connectivity index (χ1) is 13.7. The van der Waals surface area contributed by atoms with Crippen LogP contribution in [0.1, 0.15) is 42.6 Å². The molecular weight excluding hydrogens is 385 g/mol. The Morgan fingerprint density at radius 3 is 2.52 bits per heavy atom. The number of likely N-dealkylation sites (tertiary alicyclic amines) is 1. The van der Waals surface area contributed by atoms with Crippen LogP contribution in [0.25, 0.3) is 0 Å². The van der Waals surface area contributed by atoms with Crippen molar-refractivity contribution in [3.8, 4) is 0 Å². The molecule has 0 radical (unpaired) electrons. The number of H-pyrrole nitrogens is 1. The number of amides is 2. The van der Waals surface area contributed by atoms with Gasteiger partial charge in [0.15, 0.2) is 5.60 Å². The van der Waals surface area contributed by atoms with Crippen LogP contribution in [0, 0.1) is 5.92 Å². The smallest absolute Gasteiger partial charge is 0.357 e. The molecule has 11 heteroatoms. The number of carbonyl (C=O) groups excluding carboxylic acids is 3. The second-order valence-electron chi connectivity index (χ2n) is 7.59. The highest BCUT2D eigenvalue weighted by Crippen LogP contribution is 2.37. The van der Waals surface area contributed by atoms with Crippen LogP contribution in [0.5, 0.6) is 0 Å². The minimum Gasteiger partial charge on any atom is -0.444 e. The van der Waals surface area contributed by atoms with Gasteiger partial charge in [-0.2, -0.15) is 0 Å². The summed E-state index contributed by atoms with van der Waals surface area (Å²) in [6, 6.07) is -0.823. The van der Waals surface area contributed by atoms with Crippen LogP contribution in [0.15, 0.2) is 17.2 Å². The number of ether oxygens (including phenoxy) is 1. The number of hydrogen-bond acceptors (Lipinski definition) is 7. The van der Waals surface area contributed by atoms with Crippen molar-refractivity contribution in [1.29, 1.82) is 0 Å². The minimum absolute atomic E-state index is 0.0470. The molecule has 5 N–H and O–H groups in total. The van der Waals surface area contributed by atoms with E-state index in [1.807, 2.05) is 0 Å². The fourth-order valence-electron chi connectivity index (χ4n) is 3.91. The fourth-order valence-corrected chi connectivity index (χ4v) is 3.91. The third kappa shape index (κ3) is 4.44. The van der Waals surface area contributed by atoms with Gasteiger partial charge < -0.3 is 26.1 Å². The Hall–Kier alpha value is -2.82.